The van der Waals surface area contributed by atoms with Crippen LogP contribution in [0.5, 0.6) is 5.75 Å². The van der Waals surface area contributed by atoms with Crippen molar-refractivity contribution >= 4 is 0 Å². The van der Waals surface area contributed by atoms with Crippen LogP contribution in [-0.2, 0) is 12.8 Å². The Balaban J connectivity index is 0.00000320. The quantitative estimate of drug-likeness (QED) is 0.318. The molecule has 1 N–H and O–H groups in total. The molecule has 0 aliphatic heterocycles. The smallest absolute Gasteiger partial charge is 0.126 e. The molecule has 3 rings (SSSR count). The first-order chi connectivity index (χ1) is 14.3. The van der Waals surface area contributed by atoms with Crippen LogP contribution < -0.4 is 0 Å². The maximum absolute atomic E-state index is 11.0. The van der Waals surface area contributed by atoms with Crippen molar-refractivity contribution in [2.45, 2.75) is 72.1 Å². The Morgan fingerprint density at radius 3 is 1.93 bits per heavy atom. The Bertz CT molecular complexity index is 852. The van der Waals surface area contributed by atoms with Gasteiger partial charge in [-0.2, -0.15) is 0 Å². The molecule has 0 fully saturated rings. The highest BCUT2D eigenvalue weighted by Gasteiger charge is 2.12. The molecule has 3 aromatic rings. The second-order valence-corrected chi connectivity index (χ2v) is 8.05. The van der Waals surface area contributed by atoms with E-state index in [0.29, 0.717) is 5.75 Å². The van der Waals surface area contributed by atoms with Gasteiger partial charge in [-0.05, 0) is 41.2 Å². The van der Waals surface area contributed by atoms with E-state index in [-0.39, 0.29) is 7.43 Å². The normalized spacial score (nSPS) is 10.6. The zero-order valence-electron chi connectivity index (χ0n) is 17.7. The fourth-order valence-electron chi connectivity index (χ4n) is 3.98. The molecule has 0 atom stereocenters. The SMILES string of the molecule is C.CCCCCCCCCc1cc(Cc2ccccc2)c(O)c(-c2ccccc2)c1. The van der Waals surface area contributed by atoms with Crippen molar-refractivity contribution in [2.75, 3.05) is 0 Å². The fraction of sp³-hybridized carbons (Fsp3) is 0.379. The van der Waals surface area contributed by atoms with Crippen LogP contribution in [0.4, 0.5) is 0 Å². The van der Waals surface area contributed by atoms with Crippen molar-refractivity contribution in [3.63, 3.8) is 0 Å². The molecule has 0 radical (unpaired) electrons. The average Bonchev–Trinajstić information content (AvgIpc) is 2.76. The lowest BCUT2D eigenvalue weighted by molar-refractivity contribution is 0.471. The number of unbranched alkanes of at least 4 members (excludes halogenated alkanes) is 6. The number of phenolic OH excluding ortho intramolecular Hbond substituents is 1. The second kappa shape index (κ2) is 12.9. The van der Waals surface area contributed by atoms with E-state index in [2.05, 4.69) is 55.5 Å². The molecule has 3 aromatic carbocycles. The molecule has 1 heteroatoms. The third kappa shape index (κ3) is 7.06. The summed E-state index contributed by atoms with van der Waals surface area (Å²) in [6, 6.07) is 25.1. The highest BCUT2D eigenvalue weighted by atomic mass is 16.3. The molecule has 0 saturated carbocycles. The third-order valence-corrected chi connectivity index (χ3v) is 5.64. The number of phenols is 1. The summed E-state index contributed by atoms with van der Waals surface area (Å²) in [6.07, 6.45) is 11.1. The van der Waals surface area contributed by atoms with E-state index < -0.39 is 0 Å². The van der Waals surface area contributed by atoms with Crippen molar-refractivity contribution in [3.05, 3.63) is 89.5 Å². The minimum atomic E-state index is 0. The predicted octanol–water partition coefficient (Wildman–Crippen LogP) is 8.58. The van der Waals surface area contributed by atoms with Gasteiger partial charge in [-0.25, -0.2) is 0 Å². The first-order valence-electron chi connectivity index (χ1n) is 11.2. The first kappa shape index (κ1) is 23.7. The molecule has 1 nitrogen and oxygen atoms in total. The van der Waals surface area contributed by atoms with Crippen molar-refractivity contribution in [1.29, 1.82) is 0 Å². The molecule has 0 bridgehead atoms. The van der Waals surface area contributed by atoms with E-state index in [4.69, 9.17) is 0 Å². The van der Waals surface area contributed by atoms with Gasteiger partial charge in [0.15, 0.2) is 0 Å². The number of hydrogen-bond donors (Lipinski definition) is 1. The Labute approximate surface area is 183 Å². The second-order valence-electron chi connectivity index (χ2n) is 8.05. The van der Waals surface area contributed by atoms with Crippen LogP contribution in [0.3, 0.4) is 0 Å². The number of rotatable bonds is 11. The summed E-state index contributed by atoms with van der Waals surface area (Å²) in [5, 5.41) is 11.0. The zero-order chi connectivity index (χ0) is 20.3. The van der Waals surface area contributed by atoms with E-state index in [1.807, 2.05) is 24.3 Å². The number of benzene rings is 3. The van der Waals surface area contributed by atoms with E-state index in [1.54, 1.807) is 0 Å². The van der Waals surface area contributed by atoms with Gasteiger partial charge in [0.25, 0.3) is 0 Å². The third-order valence-electron chi connectivity index (χ3n) is 5.64. The van der Waals surface area contributed by atoms with Gasteiger partial charge >= 0.3 is 0 Å². The van der Waals surface area contributed by atoms with E-state index in [1.165, 1.54) is 56.1 Å². The van der Waals surface area contributed by atoms with Crippen LogP contribution in [0.2, 0.25) is 0 Å². The Morgan fingerprint density at radius 2 is 1.27 bits per heavy atom. The number of aromatic hydroxyl groups is 1. The standard InChI is InChI=1S/C28H34O.CH4/c1-2-3-4-5-6-7-10-17-24-21-26(20-23-15-11-8-12-16-23)28(29)27(22-24)25-18-13-9-14-19-25;/h8-9,11-16,18-19,21-22,29H,2-7,10,17,20H2,1H3;1H4. The van der Waals surface area contributed by atoms with Crippen molar-refractivity contribution in [3.8, 4) is 16.9 Å². The van der Waals surface area contributed by atoms with Gasteiger partial charge in [0.1, 0.15) is 5.75 Å². The molecule has 0 aliphatic rings. The summed E-state index contributed by atoms with van der Waals surface area (Å²) in [4.78, 5) is 0. The van der Waals surface area contributed by atoms with E-state index in [9.17, 15) is 5.11 Å². The van der Waals surface area contributed by atoms with Crippen molar-refractivity contribution < 1.29 is 5.11 Å². The largest absolute Gasteiger partial charge is 0.507 e. The summed E-state index contributed by atoms with van der Waals surface area (Å²) < 4.78 is 0. The van der Waals surface area contributed by atoms with Gasteiger partial charge in [0, 0.05) is 12.0 Å². The average molecular weight is 403 g/mol. The summed E-state index contributed by atoms with van der Waals surface area (Å²) >= 11 is 0. The molecule has 0 saturated heterocycles. The van der Waals surface area contributed by atoms with Gasteiger partial charge in [-0.3, -0.25) is 0 Å². The fourth-order valence-corrected chi connectivity index (χ4v) is 3.98. The predicted molar refractivity (Wildman–Crippen MR) is 131 cm³/mol. The van der Waals surface area contributed by atoms with Crippen LogP contribution in [0, 0.1) is 0 Å². The molecule has 0 aromatic heterocycles. The highest BCUT2D eigenvalue weighted by Crippen LogP contribution is 2.35. The Morgan fingerprint density at radius 1 is 0.667 bits per heavy atom. The monoisotopic (exact) mass is 402 g/mol. The Kier molecular flexibility index (Phi) is 10.2. The number of aryl methyl sites for hydroxylation is 1. The molecule has 0 aliphatic carbocycles. The van der Waals surface area contributed by atoms with Crippen LogP contribution in [0.25, 0.3) is 11.1 Å². The minimum Gasteiger partial charge on any atom is -0.507 e. The maximum Gasteiger partial charge on any atom is 0.126 e. The summed E-state index contributed by atoms with van der Waals surface area (Å²) in [5.41, 5.74) is 5.63. The van der Waals surface area contributed by atoms with E-state index >= 15 is 0 Å². The molecule has 0 heterocycles. The summed E-state index contributed by atoms with van der Waals surface area (Å²) in [6.45, 7) is 2.27. The minimum absolute atomic E-state index is 0. The molecular formula is C29H38O. The van der Waals surface area contributed by atoms with Gasteiger partial charge in [-0.15, -0.1) is 0 Å². The lowest BCUT2D eigenvalue weighted by Crippen LogP contribution is -1.95. The lowest BCUT2D eigenvalue weighted by atomic mass is 9.93. The van der Waals surface area contributed by atoms with Crippen LogP contribution in [0.15, 0.2) is 72.8 Å². The van der Waals surface area contributed by atoms with Gasteiger partial charge < -0.3 is 5.11 Å². The van der Waals surface area contributed by atoms with Crippen LogP contribution >= 0.6 is 0 Å². The summed E-state index contributed by atoms with van der Waals surface area (Å²) in [7, 11) is 0. The Hall–Kier alpha value is -2.54. The maximum atomic E-state index is 11.0. The molecule has 0 spiro atoms. The topological polar surface area (TPSA) is 20.2 Å². The summed E-state index contributed by atoms with van der Waals surface area (Å²) in [5.74, 6) is 0.420. The van der Waals surface area contributed by atoms with E-state index in [0.717, 1.165) is 29.5 Å². The van der Waals surface area contributed by atoms with Gasteiger partial charge in [-0.1, -0.05) is 120 Å². The van der Waals surface area contributed by atoms with Gasteiger partial charge in [0.05, 0.1) is 0 Å². The molecule has 30 heavy (non-hydrogen) atoms. The van der Waals surface area contributed by atoms with Gasteiger partial charge in [0.2, 0.25) is 0 Å². The van der Waals surface area contributed by atoms with Crippen molar-refractivity contribution in [1.82, 2.24) is 0 Å². The molecule has 0 amide bonds. The highest BCUT2D eigenvalue weighted by molar-refractivity contribution is 5.73. The molecule has 160 valence electrons. The number of hydrogen-bond acceptors (Lipinski definition) is 1. The first-order valence-corrected chi connectivity index (χ1v) is 11.2. The van der Waals surface area contributed by atoms with Crippen LogP contribution in [0.1, 0.15) is 76.0 Å². The van der Waals surface area contributed by atoms with Crippen LogP contribution in [-0.4, -0.2) is 5.11 Å². The molecular weight excluding hydrogens is 364 g/mol. The zero-order valence-corrected chi connectivity index (χ0v) is 17.7. The lowest BCUT2D eigenvalue weighted by Gasteiger charge is -2.14. The molecule has 0 unspecified atom stereocenters. The van der Waals surface area contributed by atoms with Crippen molar-refractivity contribution in [2.24, 2.45) is 0 Å².